The third-order valence-corrected chi connectivity index (χ3v) is 4.10. The number of nitrogens with zero attached hydrogens (tertiary/aromatic N) is 2. The SMILES string of the molecule is CC1CCCN(CCOC(=O)N2CCC(O)CC2)C1. The average molecular weight is 270 g/mol. The molecule has 5 nitrogen and oxygen atoms in total. The molecular formula is C14H26N2O3. The molecule has 5 heteroatoms. The molecule has 0 aromatic heterocycles. The van der Waals surface area contributed by atoms with E-state index in [0.29, 0.717) is 32.5 Å². The van der Waals surface area contributed by atoms with Gasteiger partial charge in [0.25, 0.3) is 0 Å². The van der Waals surface area contributed by atoms with E-state index in [-0.39, 0.29) is 12.2 Å². The lowest BCUT2D eigenvalue weighted by Gasteiger charge is -2.31. The van der Waals surface area contributed by atoms with Crippen LogP contribution in [0.4, 0.5) is 4.79 Å². The van der Waals surface area contributed by atoms with Crippen LogP contribution in [0.1, 0.15) is 32.6 Å². The Labute approximate surface area is 115 Å². The second-order valence-electron chi connectivity index (χ2n) is 5.88. The van der Waals surface area contributed by atoms with Gasteiger partial charge in [0.2, 0.25) is 0 Å². The van der Waals surface area contributed by atoms with Crippen LogP contribution >= 0.6 is 0 Å². The molecule has 2 saturated heterocycles. The Balaban J connectivity index is 1.61. The van der Waals surface area contributed by atoms with Crippen LogP contribution < -0.4 is 0 Å². The number of hydrogen-bond acceptors (Lipinski definition) is 4. The Bertz CT molecular complexity index is 290. The number of amides is 1. The Hall–Kier alpha value is -0.810. The van der Waals surface area contributed by atoms with E-state index in [1.807, 2.05) is 0 Å². The topological polar surface area (TPSA) is 53.0 Å². The standard InChI is InChI=1S/C14H26N2O3/c1-12-3-2-6-15(11-12)9-10-19-14(18)16-7-4-13(17)5-8-16/h12-13,17H,2-11H2,1H3. The molecule has 1 atom stereocenters. The van der Waals surface area contributed by atoms with Crippen LogP contribution in [-0.4, -0.2) is 66.4 Å². The quantitative estimate of drug-likeness (QED) is 0.840. The first-order valence-corrected chi connectivity index (χ1v) is 7.47. The van der Waals surface area contributed by atoms with Crippen molar-refractivity contribution in [3.05, 3.63) is 0 Å². The minimum absolute atomic E-state index is 0.225. The maximum absolute atomic E-state index is 11.8. The van der Waals surface area contributed by atoms with Crippen LogP contribution in [0, 0.1) is 5.92 Å². The number of hydrogen-bond donors (Lipinski definition) is 1. The normalized spacial score (nSPS) is 26.4. The van der Waals surface area contributed by atoms with Crippen molar-refractivity contribution >= 4 is 6.09 Å². The van der Waals surface area contributed by atoms with Gasteiger partial charge < -0.3 is 14.7 Å². The fourth-order valence-electron chi connectivity index (χ4n) is 2.89. The number of piperidine rings is 2. The van der Waals surface area contributed by atoms with E-state index in [4.69, 9.17) is 4.74 Å². The summed E-state index contributed by atoms with van der Waals surface area (Å²) in [5, 5.41) is 9.39. The van der Waals surface area contributed by atoms with E-state index in [1.54, 1.807) is 4.90 Å². The highest BCUT2D eigenvalue weighted by Crippen LogP contribution is 2.15. The summed E-state index contributed by atoms with van der Waals surface area (Å²) in [5.41, 5.74) is 0. The summed E-state index contributed by atoms with van der Waals surface area (Å²) < 4.78 is 5.32. The van der Waals surface area contributed by atoms with E-state index in [1.165, 1.54) is 12.8 Å². The predicted octanol–water partition coefficient (Wildman–Crippen LogP) is 1.31. The molecule has 2 rings (SSSR count). The predicted molar refractivity (Wildman–Crippen MR) is 73.0 cm³/mol. The van der Waals surface area contributed by atoms with Crippen molar-refractivity contribution in [1.29, 1.82) is 0 Å². The lowest BCUT2D eigenvalue weighted by atomic mass is 10.0. The second kappa shape index (κ2) is 7.10. The fraction of sp³-hybridized carbons (Fsp3) is 0.929. The summed E-state index contributed by atoms with van der Waals surface area (Å²) >= 11 is 0. The highest BCUT2D eigenvalue weighted by atomic mass is 16.6. The smallest absolute Gasteiger partial charge is 0.409 e. The van der Waals surface area contributed by atoms with Gasteiger partial charge in [0, 0.05) is 26.2 Å². The van der Waals surface area contributed by atoms with Gasteiger partial charge in [-0.15, -0.1) is 0 Å². The van der Waals surface area contributed by atoms with Gasteiger partial charge in [0.05, 0.1) is 6.10 Å². The summed E-state index contributed by atoms with van der Waals surface area (Å²) in [6, 6.07) is 0. The summed E-state index contributed by atoms with van der Waals surface area (Å²) in [6.45, 7) is 7.06. The first kappa shape index (κ1) is 14.6. The summed E-state index contributed by atoms with van der Waals surface area (Å²) in [7, 11) is 0. The third-order valence-electron chi connectivity index (χ3n) is 4.10. The minimum atomic E-state index is -0.251. The van der Waals surface area contributed by atoms with E-state index in [0.717, 1.165) is 25.6 Å². The van der Waals surface area contributed by atoms with Crippen molar-refractivity contribution < 1.29 is 14.6 Å². The Kier molecular flexibility index (Phi) is 5.45. The molecule has 2 aliphatic heterocycles. The molecule has 0 spiro atoms. The summed E-state index contributed by atoms with van der Waals surface area (Å²) in [5.74, 6) is 0.757. The highest BCUT2D eigenvalue weighted by Gasteiger charge is 2.22. The number of ether oxygens (including phenoxy) is 1. The largest absolute Gasteiger partial charge is 0.448 e. The highest BCUT2D eigenvalue weighted by molar-refractivity contribution is 5.67. The minimum Gasteiger partial charge on any atom is -0.448 e. The summed E-state index contributed by atoms with van der Waals surface area (Å²) in [4.78, 5) is 15.9. The molecule has 1 N–H and O–H groups in total. The number of carbonyl (C=O) groups is 1. The molecule has 2 aliphatic rings. The molecule has 2 heterocycles. The van der Waals surface area contributed by atoms with Gasteiger partial charge in [0.1, 0.15) is 6.61 Å². The van der Waals surface area contributed by atoms with Gasteiger partial charge in [-0.05, 0) is 38.1 Å². The second-order valence-corrected chi connectivity index (χ2v) is 5.88. The maximum Gasteiger partial charge on any atom is 0.409 e. The molecule has 1 amide bonds. The van der Waals surface area contributed by atoms with Crippen LogP contribution in [-0.2, 0) is 4.74 Å². The Morgan fingerprint density at radius 3 is 2.68 bits per heavy atom. The zero-order valence-corrected chi connectivity index (χ0v) is 11.9. The lowest BCUT2D eigenvalue weighted by Crippen LogP contribution is -2.42. The van der Waals surface area contributed by atoms with Gasteiger partial charge in [-0.1, -0.05) is 6.92 Å². The maximum atomic E-state index is 11.8. The van der Waals surface area contributed by atoms with Crippen molar-refractivity contribution in [2.75, 3.05) is 39.3 Å². The molecule has 0 saturated carbocycles. The molecule has 0 aromatic carbocycles. The van der Waals surface area contributed by atoms with Crippen LogP contribution in [0.25, 0.3) is 0 Å². The van der Waals surface area contributed by atoms with E-state index >= 15 is 0 Å². The molecule has 0 radical (unpaired) electrons. The van der Waals surface area contributed by atoms with Crippen molar-refractivity contribution in [3.63, 3.8) is 0 Å². The first-order chi connectivity index (χ1) is 9.15. The van der Waals surface area contributed by atoms with Crippen molar-refractivity contribution in [1.82, 2.24) is 9.80 Å². The molecular weight excluding hydrogens is 244 g/mol. The van der Waals surface area contributed by atoms with Crippen LogP contribution in [0.2, 0.25) is 0 Å². The molecule has 2 fully saturated rings. The van der Waals surface area contributed by atoms with Crippen LogP contribution in [0.5, 0.6) is 0 Å². The monoisotopic (exact) mass is 270 g/mol. The lowest BCUT2D eigenvalue weighted by molar-refractivity contribution is 0.0518. The summed E-state index contributed by atoms with van der Waals surface area (Å²) in [6.07, 6.45) is 3.42. The zero-order chi connectivity index (χ0) is 13.7. The van der Waals surface area contributed by atoms with Crippen LogP contribution in [0.15, 0.2) is 0 Å². The zero-order valence-electron chi connectivity index (χ0n) is 11.9. The van der Waals surface area contributed by atoms with Crippen molar-refractivity contribution in [2.45, 2.75) is 38.7 Å². The molecule has 19 heavy (non-hydrogen) atoms. The Morgan fingerprint density at radius 2 is 2.00 bits per heavy atom. The molecule has 1 unspecified atom stereocenters. The number of aliphatic hydroxyl groups is 1. The average Bonchev–Trinajstić information content (AvgIpc) is 2.39. The van der Waals surface area contributed by atoms with E-state index in [9.17, 15) is 9.90 Å². The van der Waals surface area contributed by atoms with Crippen molar-refractivity contribution in [2.24, 2.45) is 5.92 Å². The fourth-order valence-corrected chi connectivity index (χ4v) is 2.89. The van der Waals surface area contributed by atoms with Crippen molar-refractivity contribution in [3.8, 4) is 0 Å². The first-order valence-electron chi connectivity index (χ1n) is 7.47. The number of rotatable bonds is 3. The Morgan fingerprint density at radius 1 is 1.26 bits per heavy atom. The number of carbonyl (C=O) groups excluding carboxylic acids is 1. The third kappa shape index (κ3) is 4.66. The number of likely N-dealkylation sites (tertiary alicyclic amines) is 2. The van der Waals surface area contributed by atoms with Gasteiger partial charge in [-0.25, -0.2) is 4.79 Å². The van der Waals surface area contributed by atoms with Gasteiger partial charge in [0.15, 0.2) is 0 Å². The van der Waals surface area contributed by atoms with E-state index < -0.39 is 0 Å². The van der Waals surface area contributed by atoms with Crippen LogP contribution in [0.3, 0.4) is 0 Å². The van der Waals surface area contributed by atoms with E-state index in [2.05, 4.69) is 11.8 Å². The number of aliphatic hydroxyl groups excluding tert-OH is 1. The molecule has 110 valence electrons. The molecule has 0 aromatic rings. The molecule has 0 aliphatic carbocycles. The van der Waals surface area contributed by atoms with Gasteiger partial charge >= 0.3 is 6.09 Å². The van der Waals surface area contributed by atoms with Gasteiger partial charge in [-0.2, -0.15) is 0 Å². The molecule has 0 bridgehead atoms. The van der Waals surface area contributed by atoms with Gasteiger partial charge in [-0.3, -0.25) is 4.90 Å².